The van der Waals surface area contributed by atoms with Crippen molar-refractivity contribution in [3.63, 3.8) is 0 Å². The maximum absolute atomic E-state index is 5.73. The smallest absolute Gasteiger partial charge is 0.0965 e. The Bertz CT molecular complexity index is 358. The van der Waals surface area contributed by atoms with Crippen molar-refractivity contribution in [3.05, 3.63) is 11.9 Å². The molecule has 0 unspecified atom stereocenters. The van der Waals surface area contributed by atoms with E-state index in [1.165, 1.54) is 12.8 Å². The predicted molar refractivity (Wildman–Crippen MR) is 70.3 cm³/mol. The molecule has 5 nitrogen and oxygen atoms in total. The molecule has 1 aliphatic heterocycles. The first-order valence-corrected chi connectivity index (χ1v) is 6.96. The second-order valence-electron chi connectivity index (χ2n) is 5.23. The highest BCUT2D eigenvalue weighted by Crippen LogP contribution is 2.17. The summed E-state index contributed by atoms with van der Waals surface area (Å²) in [5, 5.41) is 11.8. The summed E-state index contributed by atoms with van der Waals surface area (Å²) in [6.07, 6.45) is 5.83. The molecule has 0 aromatic carbocycles. The molecule has 5 heteroatoms. The van der Waals surface area contributed by atoms with Crippen molar-refractivity contribution in [1.82, 2.24) is 20.3 Å². The van der Waals surface area contributed by atoms with Crippen LogP contribution in [0, 0.1) is 0 Å². The minimum atomic E-state index is 0.367. The van der Waals surface area contributed by atoms with Gasteiger partial charge in [0.25, 0.3) is 0 Å². The zero-order valence-corrected chi connectivity index (χ0v) is 11.6. The van der Waals surface area contributed by atoms with E-state index >= 15 is 0 Å². The molecule has 1 aromatic heterocycles. The summed E-state index contributed by atoms with van der Waals surface area (Å²) in [5.41, 5.74) is 1.00. The van der Waals surface area contributed by atoms with E-state index < -0.39 is 0 Å². The fourth-order valence-electron chi connectivity index (χ4n) is 2.34. The van der Waals surface area contributed by atoms with Crippen molar-refractivity contribution in [3.8, 4) is 0 Å². The van der Waals surface area contributed by atoms with Gasteiger partial charge in [0.2, 0.25) is 0 Å². The number of ether oxygens (including phenoxy) is 1. The van der Waals surface area contributed by atoms with Gasteiger partial charge >= 0.3 is 0 Å². The van der Waals surface area contributed by atoms with Gasteiger partial charge in [-0.05, 0) is 33.1 Å². The van der Waals surface area contributed by atoms with Crippen LogP contribution in [0.2, 0.25) is 0 Å². The molecule has 102 valence electrons. The first-order valence-electron chi connectivity index (χ1n) is 6.96. The lowest BCUT2D eigenvalue weighted by atomic mass is 10.1. The molecule has 1 aliphatic rings. The molecular weight excluding hydrogens is 228 g/mol. The Morgan fingerprint density at radius 1 is 1.56 bits per heavy atom. The molecule has 1 saturated heterocycles. The van der Waals surface area contributed by atoms with E-state index in [-0.39, 0.29) is 0 Å². The third-order valence-electron chi connectivity index (χ3n) is 3.49. The first-order chi connectivity index (χ1) is 8.70. The van der Waals surface area contributed by atoms with Crippen molar-refractivity contribution >= 4 is 0 Å². The number of hydrogen-bond donors (Lipinski definition) is 1. The molecule has 1 fully saturated rings. The normalized spacial score (nSPS) is 21.7. The lowest BCUT2D eigenvalue weighted by molar-refractivity contribution is 0.0763. The monoisotopic (exact) mass is 252 g/mol. The van der Waals surface area contributed by atoms with Gasteiger partial charge in [-0.25, -0.2) is 4.68 Å². The molecule has 0 amide bonds. The van der Waals surface area contributed by atoms with Gasteiger partial charge in [0, 0.05) is 25.2 Å². The molecule has 1 aromatic rings. The zero-order chi connectivity index (χ0) is 13.0. The van der Waals surface area contributed by atoms with Gasteiger partial charge in [0.1, 0.15) is 0 Å². The van der Waals surface area contributed by atoms with Gasteiger partial charge in [0.15, 0.2) is 0 Å². The van der Waals surface area contributed by atoms with Gasteiger partial charge in [-0.1, -0.05) is 12.1 Å². The third kappa shape index (κ3) is 3.29. The van der Waals surface area contributed by atoms with Gasteiger partial charge < -0.3 is 10.1 Å². The van der Waals surface area contributed by atoms with Crippen molar-refractivity contribution in [2.24, 2.45) is 0 Å². The Balaban J connectivity index is 1.84. The molecule has 2 rings (SSSR count). The molecule has 0 spiro atoms. The predicted octanol–water partition coefficient (Wildman–Crippen LogP) is 1.91. The van der Waals surface area contributed by atoms with E-state index in [4.69, 9.17) is 4.74 Å². The molecule has 0 radical (unpaired) electrons. The maximum atomic E-state index is 5.73. The molecule has 0 saturated carbocycles. The topological polar surface area (TPSA) is 52.0 Å². The standard InChI is InChI=1S/C13H24N4O/c1-4-12(13-6-5-7-18-13)14-8-11-9-17(10(2)3)16-15-11/h9-10,12-14H,4-8H2,1-3H3/t12-,13+/m0/s1. The van der Waals surface area contributed by atoms with Gasteiger partial charge in [-0.2, -0.15) is 0 Å². The van der Waals surface area contributed by atoms with Crippen molar-refractivity contribution < 1.29 is 4.74 Å². The summed E-state index contributed by atoms with van der Waals surface area (Å²) in [7, 11) is 0. The maximum Gasteiger partial charge on any atom is 0.0965 e. The summed E-state index contributed by atoms with van der Waals surface area (Å²) in [6, 6.07) is 0.795. The van der Waals surface area contributed by atoms with Crippen LogP contribution in [0.15, 0.2) is 6.20 Å². The van der Waals surface area contributed by atoms with Gasteiger partial charge in [-0.3, -0.25) is 0 Å². The second kappa shape index (κ2) is 6.29. The van der Waals surface area contributed by atoms with Crippen molar-refractivity contribution in [2.45, 2.75) is 64.8 Å². The average molecular weight is 252 g/mol. The number of aromatic nitrogens is 3. The minimum Gasteiger partial charge on any atom is -0.377 e. The van der Waals surface area contributed by atoms with Crippen LogP contribution in [-0.2, 0) is 11.3 Å². The van der Waals surface area contributed by atoms with E-state index in [0.717, 1.165) is 25.3 Å². The molecule has 2 atom stereocenters. The van der Waals surface area contributed by atoms with Crippen LogP contribution >= 0.6 is 0 Å². The average Bonchev–Trinajstić information content (AvgIpc) is 3.00. The minimum absolute atomic E-state index is 0.367. The highest BCUT2D eigenvalue weighted by molar-refractivity contribution is 4.94. The molecule has 0 aliphatic carbocycles. The number of hydrogen-bond acceptors (Lipinski definition) is 4. The van der Waals surface area contributed by atoms with Crippen molar-refractivity contribution in [2.75, 3.05) is 6.61 Å². The Hall–Kier alpha value is -0.940. The Morgan fingerprint density at radius 3 is 2.94 bits per heavy atom. The Morgan fingerprint density at radius 2 is 2.39 bits per heavy atom. The summed E-state index contributed by atoms with van der Waals surface area (Å²) in [6.45, 7) is 8.09. The van der Waals surface area contributed by atoms with Crippen LogP contribution in [-0.4, -0.2) is 33.7 Å². The largest absolute Gasteiger partial charge is 0.377 e. The van der Waals surface area contributed by atoms with Crippen LogP contribution in [0.3, 0.4) is 0 Å². The third-order valence-corrected chi connectivity index (χ3v) is 3.49. The number of nitrogens with one attached hydrogen (secondary N) is 1. The van der Waals surface area contributed by atoms with E-state index in [0.29, 0.717) is 18.2 Å². The van der Waals surface area contributed by atoms with Crippen LogP contribution in [0.25, 0.3) is 0 Å². The summed E-state index contributed by atoms with van der Waals surface area (Å²) < 4.78 is 7.63. The second-order valence-corrected chi connectivity index (χ2v) is 5.23. The lowest BCUT2D eigenvalue weighted by Gasteiger charge is -2.22. The highest BCUT2D eigenvalue weighted by atomic mass is 16.5. The van der Waals surface area contributed by atoms with Crippen LogP contribution in [0.4, 0.5) is 0 Å². The van der Waals surface area contributed by atoms with E-state index in [9.17, 15) is 0 Å². The summed E-state index contributed by atoms with van der Waals surface area (Å²) in [5.74, 6) is 0. The van der Waals surface area contributed by atoms with Crippen LogP contribution in [0.5, 0.6) is 0 Å². The molecular formula is C13H24N4O. The Kier molecular flexibility index (Phi) is 4.72. The molecule has 1 N–H and O–H groups in total. The van der Waals surface area contributed by atoms with Gasteiger partial charge in [0.05, 0.1) is 18.0 Å². The van der Waals surface area contributed by atoms with Crippen LogP contribution in [0.1, 0.15) is 51.8 Å². The van der Waals surface area contributed by atoms with E-state index in [1.54, 1.807) is 0 Å². The fraction of sp³-hybridized carbons (Fsp3) is 0.846. The summed E-state index contributed by atoms with van der Waals surface area (Å²) >= 11 is 0. The SMILES string of the molecule is CC[C@H](NCc1cn(C(C)C)nn1)[C@H]1CCCO1. The lowest BCUT2D eigenvalue weighted by Crippen LogP contribution is -2.38. The quantitative estimate of drug-likeness (QED) is 0.840. The van der Waals surface area contributed by atoms with Crippen LogP contribution < -0.4 is 5.32 Å². The molecule has 18 heavy (non-hydrogen) atoms. The summed E-state index contributed by atoms with van der Waals surface area (Å²) in [4.78, 5) is 0. The van der Waals surface area contributed by atoms with E-state index in [2.05, 4.69) is 36.4 Å². The molecule has 2 heterocycles. The fourth-order valence-corrected chi connectivity index (χ4v) is 2.34. The Labute approximate surface area is 109 Å². The van der Waals surface area contributed by atoms with Gasteiger partial charge in [-0.15, -0.1) is 5.10 Å². The van der Waals surface area contributed by atoms with Crippen molar-refractivity contribution in [1.29, 1.82) is 0 Å². The molecule has 0 bridgehead atoms. The van der Waals surface area contributed by atoms with E-state index in [1.807, 2.05) is 10.9 Å². The zero-order valence-electron chi connectivity index (χ0n) is 11.6. The first kappa shape index (κ1) is 13.5. The number of rotatable bonds is 6. The number of nitrogens with zero attached hydrogens (tertiary/aromatic N) is 3. The highest BCUT2D eigenvalue weighted by Gasteiger charge is 2.24.